The van der Waals surface area contributed by atoms with Gasteiger partial charge in [-0.15, -0.1) is 0 Å². The first kappa shape index (κ1) is 12.7. The first-order valence-electron chi connectivity index (χ1n) is 6.97. The minimum absolute atomic E-state index is 0.270. The van der Waals surface area contributed by atoms with Gasteiger partial charge in [0.1, 0.15) is 11.6 Å². The molecule has 0 radical (unpaired) electrons. The number of rotatable bonds is 2. The van der Waals surface area contributed by atoms with Gasteiger partial charge in [-0.2, -0.15) is 0 Å². The summed E-state index contributed by atoms with van der Waals surface area (Å²) in [6.07, 6.45) is 1.77. The summed E-state index contributed by atoms with van der Waals surface area (Å²) in [5, 5.41) is 0. The van der Waals surface area contributed by atoms with Gasteiger partial charge >= 0.3 is 0 Å². The molecule has 0 fully saturated rings. The Hall–Kier alpha value is -3.01. The van der Waals surface area contributed by atoms with E-state index in [4.69, 9.17) is 0 Å². The second kappa shape index (κ2) is 5.07. The van der Waals surface area contributed by atoms with Crippen molar-refractivity contribution in [1.82, 2.24) is 15.0 Å². The number of imidazole rings is 1. The molecule has 0 aliphatic rings. The molecule has 0 spiro atoms. The van der Waals surface area contributed by atoms with Gasteiger partial charge in [0.15, 0.2) is 0 Å². The Labute approximate surface area is 126 Å². The Kier molecular flexibility index (Phi) is 2.93. The van der Waals surface area contributed by atoms with Gasteiger partial charge in [0.25, 0.3) is 0 Å². The average molecular weight is 289 g/mol. The maximum Gasteiger partial charge on any atom is 0.138 e. The zero-order valence-electron chi connectivity index (χ0n) is 11.6. The van der Waals surface area contributed by atoms with Crippen LogP contribution in [-0.2, 0) is 0 Å². The number of benzene rings is 2. The molecule has 0 atom stereocenters. The van der Waals surface area contributed by atoms with Gasteiger partial charge in [-0.1, -0.05) is 30.3 Å². The average Bonchev–Trinajstić information content (AvgIpc) is 2.99. The van der Waals surface area contributed by atoms with Crippen molar-refractivity contribution in [1.29, 1.82) is 0 Å². The summed E-state index contributed by atoms with van der Waals surface area (Å²) in [6, 6.07) is 18.3. The minimum atomic E-state index is -0.270. The summed E-state index contributed by atoms with van der Waals surface area (Å²) < 4.78 is 13.2. The third-order valence-electron chi connectivity index (χ3n) is 3.56. The molecule has 22 heavy (non-hydrogen) atoms. The number of nitrogens with zero attached hydrogens (tertiary/aromatic N) is 2. The molecule has 2 heterocycles. The summed E-state index contributed by atoms with van der Waals surface area (Å²) >= 11 is 0. The number of pyridine rings is 1. The molecule has 2 aromatic carbocycles. The van der Waals surface area contributed by atoms with E-state index in [1.54, 1.807) is 12.3 Å². The lowest BCUT2D eigenvalue weighted by molar-refractivity contribution is 0.629. The van der Waals surface area contributed by atoms with E-state index in [-0.39, 0.29) is 5.82 Å². The van der Waals surface area contributed by atoms with Crippen LogP contribution < -0.4 is 0 Å². The van der Waals surface area contributed by atoms with Crippen LogP contribution in [0.2, 0.25) is 0 Å². The van der Waals surface area contributed by atoms with E-state index in [0.29, 0.717) is 5.52 Å². The monoisotopic (exact) mass is 289 g/mol. The Bertz CT molecular complexity index is 928. The number of halogens is 1. The van der Waals surface area contributed by atoms with E-state index in [0.717, 1.165) is 28.2 Å². The van der Waals surface area contributed by atoms with E-state index in [1.807, 2.05) is 42.5 Å². The first-order valence-corrected chi connectivity index (χ1v) is 6.97. The molecule has 3 nitrogen and oxygen atoms in total. The van der Waals surface area contributed by atoms with Crippen LogP contribution in [0.1, 0.15) is 0 Å². The molecule has 0 amide bonds. The van der Waals surface area contributed by atoms with Gasteiger partial charge in [0.05, 0.1) is 16.7 Å². The Morgan fingerprint density at radius 1 is 0.864 bits per heavy atom. The molecule has 4 heteroatoms. The van der Waals surface area contributed by atoms with Crippen molar-refractivity contribution < 1.29 is 4.39 Å². The predicted molar refractivity (Wildman–Crippen MR) is 84.7 cm³/mol. The summed E-state index contributed by atoms with van der Waals surface area (Å²) in [5.41, 5.74) is 4.39. The van der Waals surface area contributed by atoms with Crippen molar-refractivity contribution in [2.45, 2.75) is 0 Å². The minimum Gasteiger partial charge on any atom is -0.338 e. The summed E-state index contributed by atoms with van der Waals surface area (Å²) in [5.74, 6) is 0.460. The van der Waals surface area contributed by atoms with Crippen LogP contribution in [0.5, 0.6) is 0 Å². The predicted octanol–water partition coefficient (Wildman–Crippen LogP) is 4.43. The molecule has 106 valence electrons. The number of aromatic amines is 1. The molecule has 1 N–H and O–H groups in total. The van der Waals surface area contributed by atoms with E-state index in [1.165, 1.54) is 12.1 Å². The van der Waals surface area contributed by atoms with Gasteiger partial charge in [-0.05, 0) is 30.3 Å². The highest BCUT2D eigenvalue weighted by Gasteiger charge is 2.06. The summed E-state index contributed by atoms with van der Waals surface area (Å²) in [4.78, 5) is 12.0. The molecule has 0 saturated carbocycles. The Balaban J connectivity index is 1.73. The highest BCUT2D eigenvalue weighted by Crippen LogP contribution is 2.24. The van der Waals surface area contributed by atoms with Crippen molar-refractivity contribution in [3.05, 3.63) is 72.7 Å². The molecule has 0 unspecified atom stereocenters. The van der Waals surface area contributed by atoms with Crippen LogP contribution in [-0.4, -0.2) is 15.0 Å². The normalized spacial score (nSPS) is 11.0. The smallest absolute Gasteiger partial charge is 0.138 e. The topological polar surface area (TPSA) is 41.6 Å². The molecule has 4 rings (SSSR count). The SMILES string of the molecule is Fc1ccc2nc(-c3ccc(-c4ccccn4)cc3)[nH]c2c1. The van der Waals surface area contributed by atoms with Crippen molar-refractivity contribution in [2.24, 2.45) is 0 Å². The van der Waals surface area contributed by atoms with Crippen LogP contribution in [0.3, 0.4) is 0 Å². The molecule has 0 aliphatic heterocycles. The van der Waals surface area contributed by atoms with Crippen molar-refractivity contribution >= 4 is 11.0 Å². The Morgan fingerprint density at radius 3 is 2.45 bits per heavy atom. The first-order chi connectivity index (χ1) is 10.8. The third-order valence-corrected chi connectivity index (χ3v) is 3.56. The lowest BCUT2D eigenvalue weighted by atomic mass is 10.1. The second-order valence-corrected chi connectivity index (χ2v) is 5.04. The molecule has 0 bridgehead atoms. The van der Waals surface area contributed by atoms with Crippen LogP contribution in [0.25, 0.3) is 33.7 Å². The van der Waals surface area contributed by atoms with Crippen molar-refractivity contribution in [2.75, 3.05) is 0 Å². The zero-order valence-corrected chi connectivity index (χ0v) is 11.6. The fourth-order valence-corrected chi connectivity index (χ4v) is 2.45. The number of aromatic nitrogens is 3. The second-order valence-electron chi connectivity index (χ2n) is 5.04. The number of hydrogen-bond donors (Lipinski definition) is 1. The molecule has 0 aliphatic carbocycles. The fraction of sp³-hybridized carbons (Fsp3) is 0. The standard InChI is InChI=1S/C18H12FN3/c19-14-8-9-16-17(11-14)22-18(21-16)13-6-4-12(5-7-13)15-3-1-2-10-20-15/h1-11H,(H,21,22). The van der Waals surface area contributed by atoms with Gasteiger partial charge in [-0.3, -0.25) is 4.98 Å². The van der Waals surface area contributed by atoms with Crippen LogP contribution in [0, 0.1) is 5.82 Å². The number of fused-ring (bicyclic) bond motifs is 1. The van der Waals surface area contributed by atoms with E-state index < -0.39 is 0 Å². The highest BCUT2D eigenvalue weighted by atomic mass is 19.1. The van der Waals surface area contributed by atoms with Crippen LogP contribution >= 0.6 is 0 Å². The number of H-pyrrole nitrogens is 1. The number of hydrogen-bond acceptors (Lipinski definition) is 2. The van der Waals surface area contributed by atoms with Gasteiger partial charge in [-0.25, -0.2) is 9.37 Å². The zero-order chi connectivity index (χ0) is 14.9. The maximum atomic E-state index is 13.2. The van der Waals surface area contributed by atoms with E-state index in [2.05, 4.69) is 15.0 Å². The lowest BCUT2D eigenvalue weighted by Gasteiger charge is -2.01. The van der Waals surface area contributed by atoms with Gasteiger partial charge < -0.3 is 4.98 Å². The Morgan fingerprint density at radius 2 is 1.68 bits per heavy atom. The number of nitrogens with one attached hydrogen (secondary N) is 1. The van der Waals surface area contributed by atoms with Crippen molar-refractivity contribution in [3.8, 4) is 22.6 Å². The summed E-state index contributed by atoms with van der Waals surface area (Å²) in [6.45, 7) is 0. The lowest BCUT2D eigenvalue weighted by Crippen LogP contribution is -1.84. The van der Waals surface area contributed by atoms with Gasteiger partial charge in [0.2, 0.25) is 0 Å². The van der Waals surface area contributed by atoms with E-state index >= 15 is 0 Å². The fourth-order valence-electron chi connectivity index (χ4n) is 2.45. The molecular weight excluding hydrogens is 277 g/mol. The molecule has 0 saturated heterocycles. The molecule has 4 aromatic rings. The third kappa shape index (κ3) is 2.24. The van der Waals surface area contributed by atoms with Crippen molar-refractivity contribution in [3.63, 3.8) is 0 Å². The largest absolute Gasteiger partial charge is 0.338 e. The molecular formula is C18H12FN3. The van der Waals surface area contributed by atoms with Crippen LogP contribution in [0.4, 0.5) is 4.39 Å². The maximum absolute atomic E-state index is 13.2. The quantitative estimate of drug-likeness (QED) is 0.593. The van der Waals surface area contributed by atoms with Crippen LogP contribution in [0.15, 0.2) is 66.9 Å². The molecule has 2 aromatic heterocycles. The van der Waals surface area contributed by atoms with Gasteiger partial charge in [0, 0.05) is 17.3 Å². The highest BCUT2D eigenvalue weighted by molar-refractivity contribution is 5.79. The summed E-state index contributed by atoms with van der Waals surface area (Å²) in [7, 11) is 0. The van der Waals surface area contributed by atoms with E-state index in [9.17, 15) is 4.39 Å².